The summed E-state index contributed by atoms with van der Waals surface area (Å²) in [6.07, 6.45) is 3.56. The molecule has 0 aliphatic heterocycles. The zero-order valence-electron chi connectivity index (χ0n) is 6.39. The highest BCUT2D eigenvalue weighted by Gasteiger charge is 2.00. The number of aromatic amines is 1. The van der Waals surface area contributed by atoms with Crippen molar-refractivity contribution in [2.75, 3.05) is 0 Å². The standard InChI is InChI=1S/C8H12N2/c1-4-7-5-9-8(10-7)6(2)3/h4-6H,1H2,2-3H3,(H,9,10). The van der Waals surface area contributed by atoms with Gasteiger partial charge in [0.25, 0.3) is 0 Å². The van der Waals surface area contributed by atoms with Crippen LogP contribution < -0.4 is 0 Å². The van der Waals surface area contributed by atoms with E-state index in [1.807, 2.05) is 0 Å². The largest absolute Gasteiger partial charge is 0.342 e. The molecule has 10 heavy (non-hydrogen) atoms. The third kappa shape index (κ3) is 1.26. The number of aromatic nitrogens is 2. The molecule has 2 nitrogen and oxygen atoms in total. The summed E-state index contributed by atoms with van der Waals surface area (Å²) >= 11 is 0. The van der Waals surface area contributed by atoms with Crippen LogP contribution in [0.1, 0.15) is 31.3 Å². The predicted octanol–water partition coefficient (Wildman–Crippen LogP) is 2.18. The Morgan fingerprint density at radius 2 is 2.40 bits per heavy atom. The number of rotatable bonds is 2. The van der Waals surface area contributed by atoms with Crippen LogP contribution in [0, 0.1) is 0 Å². The monoisotopic (exact) mass is 136 g/mol. The van der Waals surface area contributed by atoms with E-state index < -0.39 is 0 Å². The molecule has 54 valence electrons. The number of nitrogens with one attached hydrogen (secondary N) is 1. The maximum absolute atomic E-state index is 4.16. The summed E-state index contributed by atoms with van der Waals surface area (Å²) in [5.41, 5.74) is 0.990. The van der Waals surface area contributed by atoms with Gasteiger partial charge < -0.3 is 4.98 Å². The number of hydrogen-bond acceptors (Lipinski definition) is 1. The van der Waals surface area contributed by atoms with Gasteiger partial charge in [0.05, 0.1) is 11.9 Å². The van der Waals surface area contributed by atoms with Gasteiger partial charge in [0.2, 0.25) is 0 Å². The topological polar surface area (TPSA) is 28.7 Å². The van der Waals surface area contributed by atoms with Gasteiger partial charge in [-0.3, -0.25) is 0 Å². The van der Waals surface area contributed by atoms with Crippen molar-refractivity contribution in [2.24, 2.45) is 0 Å². The van der Waals surface area contributed by atoms with Gasteiger partial charge in [-0.05, 0) is 6.08 Å². The van der Waals surface area contributed by atoms with Gasteiger partial charge in [-0.15, -0.1) is 0 Å². The molecule has 0 aromatic carbocycles. The first-order valence-corrected chi connectivity index (χ1v) is 3.41. The Hall–Kier alpha value is -1.05. The number of nitrogens with zero attached hydrogens (tertiary/aromatic N) is 1. The van der Waals surface area contributed by atoms with Crippen LogP contribution in [0.15, 0.2) is 12.8 Å². The lowest BCUT2D eigenvalue weighted by Gasteiger charge is -1.96. The molecule has 0 unspecified atom stereocenters. The van der Waals surface area contributed by atoms with Gasteiger partial charge in [-0.25, -0.2) is 4.98 Å². The minimum atomic E-state index is 0.466. The van der Waals surface area contributed by atoms with Crippen LogP contribution in [0.4, 0.5) is 0 Å². The van der Waals surface area contributed by atoms with E-state index in [1.54, 1.807) is 12.3 Å². The van der Waals surface area contributed by atoms with Gasteiger partial charge in [0, 0.05) is 5.92 Å². The molecule has 0 radical (unpaired) electrons. The Bertz CT molecular complexity index is 223. The highest BCUT2D eigenvalue weighted by atomic mass is 14.9. The van der Waals surface area contributed by atoms with Crippen molar-refractivity contribution in [3.05, 3.63) is 24.3 Å². The molecule has 1 N–H and O–H groups in total. The molecule has 2 heteroatoms. The average molecular weight is 136 g/mol. The molecule has 0 atom stereocenters. The zero-order chi connectivity index (χ0) is 7.56. The van der Waals surface area contributed by atoms with Crippen molar-refractivity contribution in [3.63, 3.8) is 0 Å². The second-order valence-corrected chi connectivity index (χ2v) is 2.58. The Labute approximate surface area is 61.0 Å². The molecular weight excluding hydrogens is 124 g/mol. The van der Waals surface area contributed by atoms with Crippen LogP contribution in [0.3, 0.4) is 0 Å². The first-order valence-electron chi connectivity index (χ1n) is 3.41. The highest BCUT2D eigenvalue weighted by Crippen LogP contribution is 2.09. The lowest BCUT2D eigenvalue weighted by Crippen LogP contribution is -1.88. The SMILES string of the molecule is C=Cc1cnc(C(C)C)[nH]1. The van der Waals surface area contributed by atoms with Crippen LogP contribution in [-0.4, -0.2) is 9.97 Å². The second kappa shape index (κ2) is 2.69. The summed E-state index contributed by atoms with van der Waals surface area (Å²) in [4.78, 5) is 7.29. The third-order valence-corrected chi connectivity index (χ3v) is 1.38. The molecule has 1 rings (SSSR count). The van der Waals surface area contributed by atoms with E-state index in [9.17, 15) is 0 Å². The van der Waals surface area contributed by atoms with Crippen LogP contribution in [0.5, 0.6) is 0 Å². The predicted molar refractivity (Wildman–Crippen MR) is 42.8 cm³/mol. The van der Waals surface area contributed by atoms with E-state index >= 15 is 0 Å². The number of hydrogen-bond donors (Lipinski definition) is 1. The lowest BCUT2D eigenvalue weighted by atomic mass is 10.2. The van der Waals surface area contributed by atoms with Crippen molar-refractivity contribution >= 4 is 6.08 Å². The quantitative estimate of drug-likeness (QED) is 0.663. The first kappa shape index (κ1) is 7.06. The molecule has 0 saturated heterocycles. The highest BCUT2D eigenvalue weighted by molar-refractivity contribution is 5.40. The summed E-state index contributed by atoms with van der Waals surface area (Å²) < 4.78 is 0. The van der Waals surface area contributed by atoms with Gasteiger partial charge in [-0.2, -0.15) is 0 Å². The fraction of sp³-hybridized carbons (Fsp3) is 0.375. The van der Waals surface area contributed by atoms with E-state index in [1.165, 1.54) is 0 Å². The van der Waals surface area contributed by atoms with Gasteiger partial charge in [0.1, 0.15) is 5.82 Å². The molecular formula is C8H12N2. The molecule has 0 saturated carbocycles. The summed E-state index contributed by atoms with van der Waals surface area (Å²) in [5, 5.41) is 0. The fourth-order valence-electron chi connectivity index (χ4n) is 0.749. The average Bonchev–Trinajstić information content (AvgIpc) is 2.34. The summed E-state index contributed by atoms with van der Waals surface area (Å²) in [6.45, 7) is 7.84. The minimum Gasteiger partial charge on any atom is -0.342 e. The molecule has 0 fully saturated rings. The second-order valence-electron chi connectivity index (χ2n) is 2.58. The van der Waals surface area contributed by atoms with E-state index in [0.717, 1.165) is 11.5 Å². The van der Waals surface area contributed by atoms with E-state index in [0.29, 0.717) is 5.92 Å². The molecule has 1 aromatic rings. The number of H-pyrrole nitrogens is 1. The zero-order valence-corrected chi connectivity index (χ0v) is 6.39. The Kier molecular flexibility index (Phi) is 1.90. The van der Waals surface area contributed by atoms with Crippen molar-refractivity contribution in [3.8, 4) is 0 Å². The Balaban J connectivity index is 2.88. The van der Waals surface area contributed by atoms with Crippen LogP contribution in [0.2, 0.25) is 0 Å². The van der Waals surface area contributed by atoms with E-state index in [4.69, 9.17) is 0 Å². The third-order valence-electron chi connectivity index (χ3n) is 1.38. The molecule has 0 spiro atoms. The van der Waals surface area contributed by atoms with Gasteiger partial charge >= 0.3 is 0 Å². The van der Waals surface area contributed by atoms with Crippen molar-refractivity contribution in [1.82, 2.24) is 9.97 Å². The van der Waals surface area contributed by atoms with Crippen molar-refractivity contribution in [2.45, 2.75) is 19.8 Å². The van der Waals surface area contributed by atoms with Crippen LogP contribution in [-0.2, 0) is 0 Å². The summed E-state index contributed by atoms with van der Waals surface area (Å²) in [6, 6.07) is 0. The smallest absolute Gasteiger partial charge is 0.109 e. The van der Waals surface area contributed by atoms with Crippen LogP contribution in [0.25, 0.3) is 6.08 Å². The Morgan fingerprint density at radius 1 is 1.70 bits per heavy atom. The lowest BCUT2D eigenvalue weighted by molar-refractivity contribution is 0.793. The maximum atomic E-state index is 4.16. The van der Waals surface area contributed by atoms with Gasteiger partial charge in [0.15, 0.2) is 0 Å². The molecule has 0 aliphatic carbocycles. The molecule has 0 bridgehead atoms. The normalized spacial score (nSPS) is 10.3. The maximum Gasteiger partial charge on any atom is 0.109 e. The fourth-order valence-corrected chi connectivity index (χ4v) is 0.749. The Morgan fingerprint density at radius 3 is 2.70 bits per heavy atom. The minimum absolute atomic E-state index is 0.466. The number of imidazole rings is 1. The summed E-state index contributed by atoms with van der Waals surface area (Å²) in [7, 11) is 0. The molecule has 0 aliphatic rings. The molecule has 1 aromatic heterocycles. The molecule has 0 amide bonds. The van der Waals surface area contributed by atoms with Crippen molar-refractivity contribution in [1.29, 1.82) is 0 Å². The molecule has 1 heterocycles. The van der Waals surface area contributed by atoms with E-state index in [-0.39, 0.29) is 0 Å². The van der Waals surface area contributed by atoms with Crippen LogP contribution >= 0.6 is 0 Å². The first-order chi connectivity index (χ1) is 4.74. The van der Waals surface area contributed by atoms with E-state index in [2.05, 4.69) is 30.4 Å². The summed E-state index contributed by atoms with van der Waals surface area (Å²) in [5.74, 6) is 1.49. The van der Waals surface area contributed by atoms with Crippen molar-refractivity contribution < 1.29 is 0 Å². The van der Waals surface area contributed by atoms with Gasteiger partial charge in [-0.1, -0.05) is 20.4 Å².